The molecular formula is C9H13N3. The van der Waals surface area contributed by atoms with Gasteiger partial charge in [-0.3, -0.25) is 0 Å². The number of nitrogens with two attached hydrogens (primary N) is 2. The van der Waals surface area contributed by atoms with E-state index < -0.39 is 0 Å². The number of nitrogens with zero attached hydrogens (tertiary/aromatic N) is 1. The lowest BCUT2D eigenvalue weighted by molar-refractivity contribution is 1.14. The average molecular weight is 163 g/mol. The van der Waals surface area contributed by atoms with Crippen molar-refractivity contribution >= 4 is 5.84 Å². The SMILES string of the molecule is CCc1cccc(/C(N)=N/N)c1. The van der Waals surface area contributed by atoms with Crippen molar-refractivity contribution in [1.82, 2.24) is 0 Å². The summed E-state index contributed by atoms with van der Waals surface area (Å²) < 4.78 is 0. The van der Waals surface area contributed by atoms with Crippen LogP contribution in [0.3, 0.4) is 0 Å². The van der Waals surface area contributed by atoms with Gasteiger partial charge in [-0.1, -0.05) is 25.1 Å². The molecule has 64 valence electrons. The van der Waals surface area contributed by atoms with E-state index in [9.17, 15) is 0 Å². The summed E-state index contributed by atoms with van der Waals surface area (Å²) in [6.45, 7) is 2.09. The number of rotatable bonds is 2. The first kappa shape index (κ1) is 8.59. The molecule has 0 aromatic heterocycles. The fourth-order valence-corrected chi connectivity index (χ4v) is 1.03. The molecule has 0 saturated heterocycles. The Morgan fingerprint density at radius 2 is 2.25 bits per heavy atom. The van der Waals surface area contributed by atoms with Crippen LogP contribution in [0.1, 0.15) is 18.1 Å². The fourth-order valence-electron chi connectivity index (χ4n) is 1.03. The molecule has 0 fully saturated rings. The Hall–Kier alpha value is -1.51. The number of aryl methyl sites for hydroxylation is 1. The smallest absolute Gasteiger partial charge is 0.150 e. The van der Waals surface area contributed by atoms with Gasteiger partial charge < -0.3 is 11.6 Å². The van der Waals surface area contributed by atoms with Gasteiger partial charge in [-0.2, -0.15) is 5.10 Å². The molecule has 0 radical (unpaired) electrons. The normalized spacial score (nSPS) is 11.6. The van der Waals surface area contributed by atoms with Crippen molar-refractivity contribution in [3.8, 4) is 0 Å². The van der Waals surface area contributed by atoms with Gasteiger partial charge in [0.15, 0.2) is 0 Å². The molecule has 0 aliphatic rings. The van der Waals surface area contributed by atoms with Gasteiger partial charge in [0.25, 0.3) is 0 Å². The lowest BCUT2D eigenvalue weighted by Gasteiger charge is -2.01. The van der Waals surface area contributed by atoms with Gasteiger partial charge in [-0.15, -0.1) is 0 Å². The van der Waals surface area contributed by atoms with Gasteiger partial charge in [0.2, 0.25) is 0 Å². The Kier molecular flexibility index (Phi) is 2.69. The van der Waals surface area contributed by atoms with Gasteiger partial charge in [0.05, 0.1) is 0 Å². The Balaban J connectivity index is 3.02. The molecule has 12 heavy (non-hydrogen) atoms. The highest BCUT2D eigenvalue weighted by atomic mass is 15.1. The number of hydrogen-bond acceptors (Lipinski definition) is 2. The largest absolute Gasteiger partial charge is 0.382 e. The molecule has 0 spiro atoms. The third-order valence-corrected chi connectivity index (χ3v) is 1.77. The van der Waals surface area contributed by atoms with Crippen LogP contribution < -0.4 is 11.6 Å². The maximum Gasteiger partial charge on any atom is 0.150 e. The average Bonchev–Trinajstić information content (AvgIpc) is 2.17. The summed E-state index contributed by atoms with van der Waals surface area (Å²) in [4.78, 5) is 0. The van der Waals surface area contributed by atoms with Crippen molar-refractivity contribution in [1.29, 1.82) is 0 Å². The molecule has 3 heteroatoms. The molecule has 1 aromatic carbocycles. The minimum Gasteiger partial charge on any atom is -0.382 e. The Morgan fingerprint density at radius 3 is 2.83 bits per heavy atom. The van der Waals surface area contributed by atoms with Crippen LogP contribution >= 0.6 is 0 Å². The molecule has 0 atom stereocenters. The first-order valence-electron chi connectivity index (χ1n) is 3.90. The van der Waals surface area contributed by atoms with Crippen molar-refractivity contribution in [2.45, 2.75) is 13.3 Å². The van der Waals surface area contributed by atoms with E-state index >= 15 is 0 Å². The molecule has 0 bridgehead atoms. The second kappa shape index (κ2) is 3.76. The highest BCUT2D eigenvalue weighted by Gasteiger charge is 1.97. The Bertz CT molecular complexity index is 292. The van der Waals surface area contributed by atoms with Crippen LogP contribution in [0.4, 0.5) is 0 Å². The standard InChI is InChI=1S/C9H13N3/c1-2-7-4-3-5-8(6-7)9(10)12-11/h3-6H,2,11H2,1H3,(H2,10,12). The molecule has 0 unspecified atom stereocenters. The number of hydrogen-bond donors (Lipinski definition) is 2. The van der Waals surface area contributed by atoms with Crippen LogP contribution in [-0.2, 0) is 6.42 Å². The van der Waals surface area contributed by atoms with E-state index in [1.165, 1.54) is 5.56 Å². The van der Waals surface area contributed by atoms with Crippen LogP contribution in [0, 0.1) is 0 Å². The third-order valence-electron chi connectivity index (χ3n) is 1.77. The van der Waals surface area contributed by atoms with E-state index in [0.29, 0.717) is 5.84 Å². The highest BCUT2D eigenvalue weighted by molar-refractivity contribution is 5.97. The highest BCUT2D eigenvalue weighted by Crippen LogP contribution is 2.04. The minimum absolute atomic E-state index is 0.380. The maximum atomic E-state index is 5.54. The second-order valence-corrected chi connectivity index (χ2v) is 2.57. The van der Waals surface area contributed by atoms with Crippen LogP contribution in [0.2, 0.25) is 0 Å². The van der Waals surface area contributed by atoms with Crippen LogP contribution in [-0.4, -0.2) is 5.84 Å². The van der Waals surface area contributed by atoms with E-state index in [1.807, 2.05) is 24.3 Å². The van der Waals surface area contributed by atoms with E-state index in [-0.39, 0.29) is 0 Å². The van der Waals surface area contributed by atoms with Crippen LogP contribution in [0.15, 0.2) is 29.4 Å². The van der Waals surface area contributed by atoms with Gasteiger partial charge in [-0.25, -0.2) is 0 Å². The molecular weight excluding hydrogens is 150 g/mol. The van der Waals surface area contributed by atoms with Crippen molar-refractivity contribution in [2.75, 3.05) is 0 Å². The topological polar surface area (TPSA) is 64.4 Å². The first-order valence-corrected chi connectivity index (χ1v) is 3.90. The van der Waals surface area contributed by atoms with Gasteiger partial charge in [-0.05, 0) is 18.1 Å². The molecule has 1 aromatic rings. The van der Waals surface area contributed by atoms with E-state index in [4.69, 9.17) is 11.6 Å². The van der Waals surface area contributed by atoms with E-state index in [2.05, 4.69) is 12.0 Å². The van der Waals surface area contributed by atoms with E-state index in [0.717, 1.165) is 12.0 Å². The first-order chi connectivity index (χ1) is 5.77. The molecule has 3 nitrogen and oxygen atoms in total. The fraction of sp³-hybridized carbons (Fsp3) is 0.222. The molecule has 1 rings (SSSR count). The molecule has 0 heterocycles. The number of benzene rings is 1. The number of amidine groups is 1. The molecule has 0 saturated carbocycles. The molecule has 4 N–H and O–H groups in total. The van der Waals surface area contributed by atoms with Crippen LogP contribution in [0.5, 0.6) is 0 Å². The van der Waals surface area contributed by atoms with E-state index in [1.54, 1.807) is 0 Å². The van der Waals surface area contributed by atoms with Crippen molar-refractivity contribution in [2.24, 2.45) is 16.7 Å². The maximum absolute atomic E-state index is 5.54. The lowest BCUT2D eigenvalue weighted by atomic mass is 10.1. The van der Waals surface area contributed by atoms with Crippen LogP contribution in [0.25, 0.3) is 0 Å². The Labute approximate surface area is 72.1 Å². The zero-order chi connectivity index (χ0) is 8.97. The lowest BCUT2D eigenvalue weighted by Crippen LogP contribution is -2.15. The summed E-state index contributed by atoms with van der Waals surface area (Å²) in [5, 5.41) is 3.43. The molecule has 0 amide bonds. The quantitative estimate of drug-likeness (QED) is 0.293. The van der Waals surface area contributed by atoms with Gasteiger partial charge in [0, 0.05) is 5.56 Å². The zero-order valence-corrected chi connectivity index (χ0v) is 7.12. The van der Waals surface area contributed by atoms with Crippen molar-refractivity contribution < 1.29 is 0 Å². The number of hydrazone groups is 1. The van der Waals surface area contributed by atoms with Gasteiger partial charge in [0.1, 0.15) is 5.84 Å². The predicted molar refractivity (Wildman–Crippen MR) is 50.7 cm³/mol. The molecule has 0 aliphatic carbocycles. The summed E-state index contributed by atoms with van der Waals surface area (Å²) >= 11 is 0. The third kappa shape index (κ3) is 1.75. The summed E-state index contributed by atoms with van der Waals surface area (Å²) in [7, 11) is 0. The predicted octanol–water partition coefficient (Wildman–Crippen LogP) is 0.828. The zero-order valence-electron chi connectivity index (χ0n) is 7.12. The monoisotopic (exact) mass is 163 g/mol. The summed E-state index contributed by atoms with van der Waals surface area (Å²) in [5.41, 5.74) is 7.66. The van der Waals surface area contributed by atoms with Crippen molar-refractivity contribution in [3.63, 3.8) is 0 Å². The summed E-state index contributed by atoms with van der Waals surface area (Å²) in [5.74, 6) is 5.44. The Morgan fingerprint density at radius 1 is 1.50 bits per heavy atom. The summed E-state index contributed by atoms with van der Waals surface area (Å²) in [6.07, 6.45) is 0.992. The minimum atomic E-state index is 0.380. The second-order valence-electron chi connectivity index (χ2n) is 2.57. The summed E-state index contributed by atoms with van der Waals surface area (Å²) in [6, 6.07) is 7.88. The molecule has 0 aliphatic heterocycles. The van der Waals surface area contributed by atoms with Crippen molar-refractivity contribution in [3.05, 3.63) is 35.4 Å². The van der Waals surface area contributed by atoms with Gasteiger partial charge >= 0.3 is 0 Å².